The first kappa shape index (κ1) is 34.3. The molecule has 0 unspecified atom stereocenters. The van der Waals surface area contributed by atoms with Crippen LogP contribution in [0.3, 0.4) is 0 Å². The zero-order valence-electron chi connectivity index (χ0n) is 27.5. The van der Waals surface area contributed by atoms with E-state index in [0.717, 1.165) is 52.8 Å². The highest BCUT2D eigenvalue weighted by Crippen LogP contribution is 2.39. The van der Waals surface area contributed by atoms with Crippen LogP contribution in [0.2, 0.25) is 0 Å². The highest BCUT2D eigenvalue weighted by Gasteiger charge is 2.39. The molecular weight excluding hydrogens is 596 g/mol. The lowest BCUT2D eigenvalue weighted by Crippen LogP contribution is -2.45. The van der Waals surface area contributed by atoms with Crippen LogP contribution in [0.15, 0.2) is 85.5 Å². The van der Waals surface area contributed by atoms with Crippen LogP contribution < -0.4 is 5.32 Å². The molecule has 9 heteroatoms. The molecule has 2 fully saturated rings. The van der Waals surface area contributed by atoms with Crippen LogP contribution in [0.5, 0.6) is 0 Å². The molecule has 2 saturated heterocycles. The molecular formula is C38H46N2O7. The topological polar surface area (TPSA) is 107 Å². The molecule has 0 spiro atoms. The Morgan fingerprint density at radius 2 is 1.74 bits per heavy atom. The smallest absolute Gasteiger partial charge is 0.407 e. The molecule has 250 valence electrons. The minimum atomic E-state index is -0.636. The number of esters is 1. The summed E-state index contributed by atoms with van der Waals surface area (Å²) in [5, 5.41) is 12.3. The number of aliphatic hydroxyl groups excluding tert-OH is 1. The van der Waals surface area contributed by atoms with E-state index in [2.05, 4.69) is 22.9 Å². The molecule has 0 saturated carbocycles. The summed E-state index contributed by atoms with van der Waals surface area (Å²) < 4.78 is 24.0. The molecule has 3 aromatic rings. The highest BCUT2D eigenvalue weighted by molar-refractivity contribution is 5.76. The van der Waals surface area contributed by atoms with Crippen molar-refractivity contribution in [3.8, 4) is 11.1 Å². The van der Waals surface area contributed by atoms with Gasteiger partial charge in [0.2, 0.25) is 0 Å². The summed E-state index contributed by atoms with van der Waals surface area (Å²) in [6.45, 7) is 11.1. The van der Waals surface area contributed by atoms with Crippen molar-refractivity contribution in [1.29, 1.82) is 0 Å². The van der Waals surface area contributed by atoms with Crippen LogP contribution in [0, 0.1) is 0 Å². The fourth-order valence-corrected chi connectivity index (χ4v) is 6.06. The fourth-order valence-electron chi connectivity index (χ4n) is 6.06. The monoisotopic (exact) mass is 642 g/mol. The molecule has 1 amide bonds. The first-order valence-corrected chi connectivity index (χ1v) is 16.3. The van der Waals surface area contributed by atoms with Gasteiger partial charge in [0.25, 0.3) is 0 Å². The maximum absolute atomic E-state index is 13.1. The summed E-state index contributed by atoms with van der Waals surface area (Å²) >= 11 is 0. The molecule has 9 nitrogen and oxygen atoms in total. The summed E-state index contributed by atoms with van der Waals surface area (Å²) in [7, 11) is 0. The van der Waals surface area contributed by atoms with Crippen LogP contribution in [-0.2, 0) is 36.9 Å². The number of benzene rings is 3. The zero-order valence-corrected chi connectivity index (χ0v) is 27.5. The van der Waals surface area contributed by atoms with Crippen LogP contribution in [0.4, 0.5) is 4.79 Å². The van der Waals surface area contributed by atoms with E-state index in [4.69, 9.17) is 18.9 Å². The number of alkyl carbamates (subject to hydrolysis) is 1. The summed E-state index contributed by atoms with van der Waals surface area (Å²) in [6.07, 6.45) is 2.27. The van der Waals surface area contributed by atoms with Crippen molar-refractivity contribution >= 4 is 12.1 Å². The van der Waals surface area contributed by atoms with Crippen molar-refractivity contribution in [3.63, 3.8) is 0 Å². The summed E-state index contributed by atoms with van der Waals surface area (Å²) in [5.74, 6) is -0.187. The summed E-state index contributed by atoms with van der Waals surface area (Å²) in [6, 6.07) is 23.6. The number of rotatable bonds is 11. The number of carbonyl (C=O) groups excluding carboxylic acids is 2. The second-order valence-corrected chi connectivity index (χ2v) is 13.1. The number of amides is 1. The van der Waals surface area contributed by atoms with Crippen LogP contribution in [-0.4, -0.2) is 59.5 Å². The van der Waals surface area contributed by atoms with E-state index in [-0.39, 0.29) is 37.4 Å². The number of ether oxygens (including phenoxy) is 4. The second-order valence-electron chi connectivity index (χ2n) is 13.1. The lowest BCUT2D eigenvalue weighted by atomic mass is 9.98. The Morgan fingerprint density at radius 1 is 1.00 bits per heavy atom. The molecule has 2 aliphatic heterocycles. The average Bonchev–Trinajstić information content (AvgIpc) is 3.54. The van der Waals surface area contributed by atoms with E-state index in [1.54, 1.807) is 0 Å². The fraction of sp³-hybridized carbons (Fsp3) is 0.421. The minimum Gasteiger partial charge on any atom is -0.459 e. The Hall–Kier alpha value is -4.02. The number of nitrogens with zero attached hydrogens (tertiary/aromatic N) is 1. The van der Waals surface area contributed by atoms with Gasteiger partial charge in [0.15, 0.2) is 6.29 Å². The number of carbonyl (C=O) groups is 2. The van der Waals surface area contributed by atoms with Gasteiger partial charge in [-0.2, -0.15) is 0 Å². The molecule has 2 heterocycles. The van der Waals surface area contributed by atoms with E-state index < -0.39 is 18.0 Å². The first-order valence-electron chi connectivity index (χ1n) is 16.3. The molecule has 47 heavy (non-hydrogen) atoms. The van der Waals surface area contributed by atoms with Crippen molar-refractivity contribution in [2.45, 2.75) is 83.3 Å². The Labute approximate surface area is 277 Å². The van der Waals surface area contributed by atoms with Crippen molar-refractivity contribution in [2.75, 3.05) is 19.7 Å². The predicted molar refractivity (Wildman–Crippen MR) is 179 cm³/mol. The van der Waals surface area contributed by atoms with E-state index in [0.29, 0.717) is 19.5 Å². The maximum atomic E-state index is 13.1. The summed E-state index contributed by atoms with van der Waals surface area (Å²) in [4.78, 5) is 27.2. The SMILES string of the molecule is C=CCOC(=O)NCc1cccc(-c2cccc([C@@H]3O[C@H](CN4CCC[C@H]4C(=O)OC(C)(C)C)C[C@H](c4ccc(CO)cc4)O3)c2)c1. The molecule has 0 aromatic heterocycles. The Balaban J connectivity index is 1.35. The number of hydrogen-bond acceptors (Lipinski definition) is 8. The largest absolute Gasteiger partial charge is 0.459 e. The van der Waals surface area contributed by atoms with Gasteiger partial charge in [0.1, 0.15) is 18.2 Å². The molecule has 0 bridgehead atoms. The highest BCUT2D eigenvalue weighted by atomic mass is 16.7. The lowest BCUT2D eigenvalue weighted by Gasteiger charge is -2.38. The maximum Gasteiger partial charge on any atom is 0.407 e. The summed E-state index contributed by atoms with van der Waals surface area (Å²) in [5.41, 5.74) is 5.10. The van der Waals surface area contributed by atoms with Crippen molar-refractivity contribution in [1.82, 2.24) is 10.2 Å². The van der Waals surface area contributed by atoms with Crippen molar-refractivity contribution in [3.05, 3.63) is 108 Å². The Morgan fingerprint density at radius 3 is 2.47 bits per heavy atom. The molecule has 4 atom stereocenters. The number of likely N-dealkylation sites (tertiary alicyclic amines) is 1. The van der Waals surface area contributed by atoms with Gasteiger partial charge in [-0.05, 0) is 80.1 Å². The van der Waals surface area contributed by atoms with Crippen LogP contribution in [0.25, 0.3) is 11.1 Å². The van der Waals surface area contributed by atoms with E-state index in [1.807, 2.05) is 87.5 Å². The molecule has 2 aliphatic rings. The van der Waals surface area contributed by atoms with Crippen molar-refractivity contribution < 1.29 is 33.6 Å². The van der Waals surface area contributed by atoms with Gasteiger partial charge in [0.05, 0.1) is 18.8 Å². The molecule has 0 radical (unpaired) electrons. The van der Waals surface area contributed by atoms with Gasteiger partial charge >= 0.3 is 12.1 Å². The molecule has 2 N–H and O–H groups in total. The third-order valence-electron chi connectivity index (χ3n) is 8.28. The normalized spacial score (nSPS) is 21.6. The van der Waals surface area contributed by atoms with Gasteiger partial charge < -0.3 is 29.4 Å². The van der Waals surface area contributed by atoms with Crippen LogP contribution >= 0.6 is 0 Å². The molecule has 0 aliphatic carbocycles. The molecule has 5 rings (SSSR count). The number of hydrogen-bond donors (Lipinski definition) is 2. The quantitative estimate of drug-likeness (QED) is 0.178. The Bertz CT molecular complexity index is 1520. The van der Waals surface area contributed by atoms with Crippen LogP contribution in [0.1, 0.15) is 74.7 Å². The molecule has 3 aromatic carbocycles. The van der Waals surface area contributed by atoms with Gasteiger partial charge in [0, 0.05) is 25.1 Å². The van der Waals surface area contributed by atoms with Gasteiger partial charge in [-0.1, -0.05) is 73.3 Å². The van der Waals surface area contributed by atoms with E-state index in [1.165, 1.54) is 6.08 Å². The minimum absolute atomic E-state index is 0.0232. The number of nitrogens with one attached hydrogen (secondary N) is 1. The van der Waals surface area contributed by atoms with E-state index in [9.17, 15) is 14.7 Å². The second kappa shape index (κ2) is 15.7. The first-order chi connectivity index (χ1) is 22.6. The zero-order chi connectivity index (χ0) is 33.4. The number of aliphatic hydroxyl groups is 1. The predicted octanol–water partition coefficient (Wildman–Crippen LogP) is 6.61. The van der Waals surface area contributed by atoms with Gasteiger partial charge in [-0.15, -0.1) is 0 Å². The van der Waals surface area contributed by atoms with E-state index >= 15 is 0 Å². The third-order valence-corrected chi connectivity index (χ3v) is 8.28. The van der Waals surface area contributed by atoms with Crippen molar-refractivity contribution in [2.24, 2.45) is 0 Å². The lowest BCUT2D eigenvalue weighted by molar-refractivity contribution is -0.253. The third kappa shape index (κ3) is 9.51. The van der Waals surface area contributed by atoms with Gasteiger partial charge in [-0.3, -0.25) is 9.69 Å². The standard InChI is InChI=1S/C38H46N2O7/c1-5-19-44-37(43)39-23-27-9-6-10-29(20-27)30-11-7-12-31(21-30)36-45-32(22-34(46-36)28-16-14-26(25-41)15-17-28)24-40-18-8-13-33(40)35(42)47-38(2,3)4/h5-7,9-12,14-17,20-21,32-34,36,41H,1,8,13,18-19,22-25H2,2-4H3,(H,39,43)/t32-,33-,34+,36+/m0/s1. The average molecular weight is 643 g/mol. The van der Waals surface area contributed by atoms with Gasteiger partial charge in [-0.25, -0.2) is 4.79 Å². The Kier molecular flexibility index (Phi) is 11.5.